The molecule has 0 atom stereocenters. The summed E-state index contributed by atoms with van der Waals surface area (Å²) in [4.78, 5) is 12.2. The number of anilines is 2. The molecule has 104 valence electrons. The molecule has 0 bridgehead atoms. The van der Waals surface area contributed by atoms with Crippen molar-refractivity contribution in [1.82, 2.24) is 0 Å². The van der Waals surface area contributed by atoms with Crippen molar-refractivity contribution in [2.24, 2.45) is 0 Å². The predicted molar refractivity (Wildman–Crippen MR) is 79.7 cm³/mol. The lowest BCUT2D eigenvalue weighted by molar-refractivity contribution is 0.102. The molecule has 0 saturated heterocycles. The van der Waals surface area contributed by atoms with Crippen molar-refractivity contribution in [3.63, 3.8) is 0 Å². The first kappa shape index (κ1) is 14.3. The van der Waals surface area contributed by atoms with Gasteiger partial charge in [-0.05, 0) is 49.2 Å². The number of carbonyl (C=O) groups is 1. The van der Waals surface area contributed by atoms with E-state index in [0.29, 0.717) is 11.4 Å². The fourth-order valence-electron chi connectivity index (χ4n) is 1.88. The molecule has 3 nitrogen and oxygen atoms in total. The number of hydrogen-bond donors (Lipinski definition) is 2. The van der Waals surface area contributed by atoms with Gasteiger partial charge in [-0.2, -0.15) is 0 Å². The summed E-state index contributed by atoms with van der Waals surface area (Å²) in [5.41, 5.74) is 9.08. The summed E-state index contributed by atoms with van der Waals surface area (Å²) in [5.74, 6) is -0.914. The van der Waals surface area contributed by atoms with Crippen LogP contribution < -0.4 is 11.1 Å². The molecule has 3 N–H and O–H groups in total. The van der Waals surface area contributed by atoms with Crippen LogP contribution in [-0.4, -0.2) is 5.91 Å². The Morgan fingerprint density at radius 3 is 2.60 bits per heavy atom. The van der Waals surface area contributed by atoms with Crippen LogP contribution in [-0.2, 0) is 0 Å². The van der Waals surface area contributed by atoms with E-state index in [1.54, 1.807) is 6.07 Å². The Labute approximate surface area is 121 Å². The number of nitrogens with two attached hydrogens (primary N) is 1. The number of nitrogen functional groups attached to an aromatic ring is 1. The molecule has 0 unspecified atom stereocenters. The van der Waals surface area contributed by atoms with Gasteiger partial charge in [-0.1, -0.05) is 17.7 Å². The minimum Gasteiger partial charge on any atom is -0.398 e. The average Bonchev–Trinajstić information content (AvgIpc) is 2.42. The smallest absolute Gasteiger partial charge is 0.255 e. The lowest BCUT2D eigenvalue weighted by Crippen LogP contribution is -2.14. The van der Waals surface area contributed by atoms with Crippen LogP contribution in [0.1, 0.15) is 21.5 Å². The van der Waals surface area contributed by atoms with Crippen molar-refractivity contribution in [2.75, 3.05) is 11.1 Å². The van der Waals surface area contributed by atoms with E-state index < -0.39 is 5.82 Å². The molecule has 5 heteroatoms. The van der Waals surface area contributed by atoms with Crippen LogP contribution in [0.3, 0.4) is 0 Å². The first-order valence-corrected chi connectivity index (χ1v) is 6.40. The molecule has 20 heavy (non-hydrogen) atoms. The maximum atomic E-state index is 13.1. The van der Waals surface area contributed by atoms with E-state index in [1.165, 1.54) is 12.1 Å². The maximum absolute atomic E-state index is 13.1. The van der Waals surface area contributed by atoms with Gasteiger partial charge in [-0.25, -0.2) is 4.39 Å². The van der Waals surface area contributed by atoms with Gasteiger partial charge in [0.05, 0.1) is 5.02 Å². The number of aryl methyl sites for hydroxylation is 1. The summed E-state index contributed by atoms with van der Waals surface area (Å²) >= 11 is 5.67. The van der Waals surface area contributed by atoms with Crippen LogP contribution >= 0.6 is 11.6 Å². The Morgan fingerprint density at radius 1 is 1.25 bits per heavy atom. The van der Waals surface area contributed by atoms with E-state index in [2.05, 4.69) is 5.32 Å². The van der Waals surface area contributed by atoms with Gasteiger partial charge in [0, 0.05) is 16.9 Å². The number of halogens is 2. The highest BCUT2D eigenvalue weighted by molar-refractivity contribution is 6.31. The van der Waals surface area contributed by atoms with Crippen LogP contribution in [0.25, 0.3) is 0 Å². The second kappa shape index (κ2) is 5.51. The summed E-state index contributed by atoms with van der Waals surface area (Å²) < 4.78 is 13.1. The summed E-state index contributed by atoms with van der Waals surface area (Å²) in [5, 5.41) is 2.70. The summed E-state index contributed by atoms with van der Waals surface area (Å²) in [6.07, 6.45) is 0. The van der Waals surface area contributed by atoms with Crippen molar-refractivity contribution in [3.05, 3.63) is 57.9 Å². The van der Waals surface area contributed by atoms with Gasteiger partial charge in [0.2, 0.25) is 0 Å². The molecule has 2 aromatic rings. The molecular weight excluding hydrogens is 279 g/mol. The maximum Gasteiger partial charge on any atom is 0.255 e. The molecule has 0 heterocycles. The van der Waals surface area contributed by atoms with E-state index in [9.17, 15) is 9.18 Å². The fraction of sp³-hybridized carbons (Fsp3) is 0.133. The Bertz CT molecular complexity index is 686. The number of benzene rings is 2. The lowest BCUT2D eigenvalue weighted by Gasteiger charge is -2.13. The van der Waals surface area contributed by atoms with Gasteiger partial charge >= 0.3 is 0 Å². The summed E-state index contributed by atoms with van der Waals surface area (Å²) in [6, 6.07) is 7.46. The van der Waals surface area contributed by atoms with E-state index in [-0.39, 0.29) is 16.5 Å². The van der Waals surface area contributed by atoms with E-state index in [0.717, 1.165) is 17.2 Å². The fourth-order valence-corrected chi connectivity index (χ4v) is 2.06. The monoisotopic (exact) mass is 292 g/mol. The SMILES string of the molecule is Cc1ccc(N)c(C)c1NC(=O)c1ccc(F)c(Cl)c1. The highest BCUT2D eigenvalue weighted by Gasteiger charge is 2.12. The summed E-state index contributed by atoms with van der Waals surface area (Å²) in [6.45, 7) is 3.70. The molecule has 1 amide bonds. The van der Waals surface area contributed by atoms with Gasteiger partial charge in [0.15, 0.2) is 0 Å². The molecule has 0 aliphatic rings. The normalized spacial score (nSPS) is 10.4. The molecule has 0 aliphatic heterocycles. The van der Waals surface area contributed by atoms with E-state index >= 15 is 0 Å². The molecule has 0 aromatic heterocycles. The largest absolute Gasteiger partial charge is 0.398 e. The van der Waals surface area contributed by atoms with Gasteiger partial charge in [0.1, 0.15) is 5.82 Å². The lowest BCUT2D eigenvalue weighted by atomic mass is 10.1. The number of nitrogens with one attached hydrogen (secondary N) is 1. The van der Waals surface area contributed by atoms with Gasteiger partial charge < -0.3 is 11.1 Å². The molecule has 0 fully saturated rings. The predicted octanol–water partition coefficient (Wildman–Crippen LogP) is 3.93. The zero-order valence-corrected chi connectivity index (χ0v) is 11.9. The topological polar surface area (TPSA) is 55.1 Å². The van der Waals surface area contributed by atoms with Crippen LogP contribution in [0, 0.1) is 19.7 Å². The quantitative estimate of drug-likeness (QED) is 0.824. The molecule has 0 spiro atoms. The van der Waals surface area contributed by atoms with Crippen molar-refractivity contribution < 1.29 is 9.18 Å². The zero-order chi connectivity index (χ0) is 14.9. The van der Waals surface area contributed by atoms with Crippen LogP contribution in [0.4, 0.5) is 15.8 Å². The zero-order valence-electron chi connectivity index (χ0n) is 11.1. The number of hydrogen-bond acceptors (Lipinski definition) is 2. The number of rotatable bonds is 2. The van der Waals surface area contributed by atoms with Crippen molar-refractivity contribution >= 4 is 28.9 Å². The average molecular weight is 293 g/mol. The third-order valence-electron chi connectivity index (χ3n) is 3.14. The van der Waals surface area contributed by atoms with Crippen molar-refractivity contribution in [3.8, 4) is 0 Å². The minimum atomic E-state index is -0.556. The highest BCUT2D eigenvalue weighted by Crippen LogP contribution is 2.26. The highest BCUT2D eigenvalue weighted by atomic mass is 35.5. The van der Waals surface area contributed by atoms with Gasteiger partial charge in [-0.3, -0.25) is 4.79 Å². The number of carbonyl (C=O) groups excluding carboxylic acids is 1. The van der Waals surface area contributed by atoms with E-state index in [1.807, 2.05) is 19.9 Å². The molecule has 2 aromatic carbocycles. The van der Waals surface area contributed by atoms with Crippen molar-refractivity contribution in [2.45, 2.75) is 13.8 Å². The third-order valence-corrected chi connectivity index (χ3v) is 3.43. The Hall–Kier alpha value is -2.07. The molecule has 0 saturated carbocycles. The molecular formula is C15H14ClFN2O. The van der Waals surface area contributed by atoms with Gasteiger partial charge in [0.25, 0.3) is 5.91 Å². The summed E-state index contributed by atoms with van der Waals surface area (Å²) in [7, 11) is 0. The Morgan fingerprint density at radius 2 is 1.95 bits per heavy atom. The molecule has 0 radical (unpaired) electrons. The second-order valence-electron chi connectivity index (χ2n) is 4.55. The van der Waals surface area contributed by atoms with Crippen LogP contribution in [0.2, 0.25) is 5.02 Å². The Balaban J connectivity index is 2.32. The first-order chi connectivity index (χ1) is 9.40. The Kier molecular flexibility index (Phi) is 3.95. The molecule has 0 aliphatic carbocycles. The minimum absolute atomic E-state index is 0.0846. The van der Waals surface area contributed by atoms with E-state index in [4.69, 9.17) is 17.3 Å². The van der Waals surface area contributed by atoms with Crippen LogP contribution in [0.15, 0.2) is 30.3 Å². The third kappa shape index (κ3) is 2.75. The molecule has 2 rings (SSSR count). The van der Waals surface area contributed by atoms with Gasteiger partial charge in [-0.15, -0.1) is 0 Å². The van der Waals surface area contributed by atoms with Crippen molar-refractivity contribution in [1.29, 1.82) is 0 Å². The van der Waals surface area contributed by atoms with Crippen LogP contribution in [0.5, 0.6) is 0 Å². The first-order valence-electron chi connectivity index (χ1n) is 6.02. The second-order valence-corrected chi connectivity index (χ2v) is 4.96. The number of amides is 1. The standard InChI is InChI=1S/C15H14ClFN2O/c1-8-3-6-13(18)9(2)14(8)19-15(20)10-4-5-12(17)11(16)7-10/h3-7H,18H2,1-2H3,(H,19,20).